The SMILES string of the molecule is Cc1cc(/C=C/C#N)cc(C)c1NCl. The van der Waals surface area contributed by atoms with Crippen LogP contribution in [0.25, 0.3) is 6.08 Å². The van der Waals surface area contributed by atoms with Crippen LogP contribution in [0.5, 0.6) is 0 Å². The molecule has 0 aromatic heterocycles. The van der Waals surface area contributed by atoms with Crippen LogP contribution in [-0.4, -0.2) is 0 Å². The molecule has 0 aliphatic heterocycles. The van der Waals surface area contributed by atoms with Gasteiger partial charge in [0.1, 0.15) is 0 Å². The van der Waals surface area contributed by atoms with Gasteiger partial charge in [-0.15, -0.1) is 0 Å². The van der Waals surface area contributed by atoms with Crippen molar-refractivity contribution in [2.24, 2.45) is 0 Å². The van der Waals surface area contributed by atoms with E-state index in [9.17, 15) is 0 Å². The fourth-order valence-electron chi connectivity index (χ4n) is 1.38. The van der Waals surface area contributed by atoms with E-state index in [0.717, 1.165) is 22.4 Å². The number of rotatable bonds is 2. The smallest absolute Gasteiger partial charge is 0.0912 e. The summed E-state index contributed by atoms with van der Waals surface area (Å²) >= 11 is 5.57. The maximum atomic E-state index is 8.40. The van der Waals surface area contributed by atoms with E-state index in [1.54, 1.807) is 6.08 Å². The molecule has 1 N–H and O–H groups in total. The van der Waals surface area contributed by atoms with Crippen molar-refractivity contribution in [1.29, 1.82) is 5.26 Å². The van der Waals surface area contributed by atoms with E-state index in [1.807, 2.05) is 32.0 Å². The molecule has 2 nitrogen and oxygen atoms in total. The summed E-state index contributed by atoms with van der Waals surface area (Å²) in [5.74, 6) is 0. The van der Waals surface area contributed by atoms with Crippen LogP contribution in [0.1, 0.15) is 16.7 Å². The maximum Gasteiger partial charge on any atom is 0.0912 e. The molecule has 0 spiro atoms. The van der Waals surface area contributed by atoms with Gasteiger partial charge in [-0.25, -0.2) is 0 Å². The highest BCUT2D eigenvalue weighted by molar-refractivity contribution is 6.24. The van der Waals surface area contributed by atoms with Gasteiger partial charge in [-0.3, -0.25) is 4.84 Å². The molecule has 0 aliphatic rings. The second-order valence-electron chi connectivity index (χ2n) is 3.09. The monoisotopic (exact) mass is 206 g/mol. The quantitative estimate of drug-likeness (QED) is 0.595. The summed E-state index contributed by atoms with van der Waals surface area (Å²) in [7, 11) is 0. The highest BCUT2D eigenvalue weighted by Crippen LogP contribution is 2.23. The summed E-state index contributed by atoms with van der Waals surface area (Å²) in [4.78, 5) is 2.63. The van der Waals surface area contributed by atoms with E-state index in [2.05, 4.69) is 4.84 Å². The molecular weight excluding hydrogens is 196 g/mol. The van der Waals surface area contributed by atoms with Crippen LogP contribution < -0.4 is 4.84 Å². The number of nitrogens with one attached hydrogen (secondary N) is 1. The standard InChI is InChI=1S/C11H11ClN2/c1-8-6-10(4-3-5-13)7-9(2)11(8)14-12/h3-4,6-7,14H,1-2H3/b4-3+. The summed E-state index contributed by atoms with van der Waals surface area (Å²) in [6.07, 6.45) is 3.24. The number of anilines is 1. The lowest BCUT2D eigenvalue weighted by molar-refractivity contribution is 1.37. The zero-order valence-corrected chi connectivity index (χ0v) is 8.89. The van der Waals surface area contributed by atoms with Gasteiger partial charge in [-0.1, -0.05) is 0 Å². The molecule has 0 saturated heterocycles. The van der Waals surface area contributed by atoms with E-state index in [0.29, 0.717) is 0 Å². The Morgan fingerprint density at radius 1 is 1.36 bits per heavy atom. The molecule has 0 fully saturated rings. The summed E-state index contributed by atoms with van der Waals surface area (Å²) in [5.41, 5.74) is 4.08. The molecule has 72 valence electrons. The Morgan fingerprint density at radius 2 is 1.93 bits per heavy atom. The fourth-order valence-corrected chi connectivity index (χ4v) is 1.67. The van der Waals surface area contributed by atoms with Crippen LogP contribution >= 0.6 is 11.8 Å². The van der Waals surface area contributed by atoms with Gasteiger partial charge >= 0.3 is 0 Å². The highest BCUT2D eigenvalue weighted by atomic mass is 35.5. The first-order valence-corrected chi connectivity index (χ1v) is 4.61. The maximum absolute atomic E-state index is 8.40. The number of aryl methyl sites for hydroxylation is 2. The van der Waals surface area contributed by atoms with Crippen molar-refractivity contribution >= 4 is 23.5 Å². The Labute approximate surface area is 88.9 Å². The lowest BCUT2D eigenvalue weighted by Crippen LogP contribution is -1.91. The zero-order valence-electron chi connectivity index (χ0n) is 8.13. The van der Waals surface area contributed by atoms with Crippen LogP contribution in [0.4, 0.5) is 5.69 Å². The van der Waals surface area contributed by atoms with Gasteiger partial charge in [0.15, 0.2) is 0 Å². The first-order chi connectivity index (χ1) is 6.69. The molecule has 0 heterocycles. The van der Waals surface area contributed by atoms with Gasteiger partial charge in [0.2, 0.25) is 0 Å². The van der Waals surface area contributed by atoms with Crippen molar-refractivity contribution in [3.8, 4) is 6.07 Å². The minimum atomic E-state index is 0.931. The van der Waals surface area contributed by atoms with Crippen molar-refractivity contribution in [2.45, 2.75) is 13.8 Å². The molecule has 14 heavy (non-hydrogen) atoms. The zero-order chi connectivity index (χ0) is 10.6. The van der Waals surface area contributed by atoms with Crippen molar-refractivity contribution in [2.75, 3.05) is 4.84 Å². The van der Waals surface area contributed by atoms with Crippen molar-refractivity contribution in [3.63, 3.8) is 0 Å². The van der Waals surface area contributed by atoms with Gasteiger partial charge in [0, 0.05) is 17.9 Å². The number of halogens is 1. The Kier molecular flexibility index (Phi) is 3.55. The Balaban J connectivity index is 3.15. The average Bonchev–Trinajstić information content (AvgIpc) is 2.14. The van der Waals surface area contributed by atoms with Gasteiger partial charge in [-0.05, 0) is 48.7 Å². The fraction of sp³-hybridized carbons (Fsp3) is 0.182. The van der Waals surface area contributed by atoms with Gasteiger partial charge in [0.05, 0.1) is 11.8 Å². The van der Waals surface area contributed by atoms with E-state index in [-0.39, 0.29) is 0 Å². The largest absolute Gasteiger partial charge is 0.298 e. The van der Waals surface area contributed by atoms with E-state index >= 15 is 0 Å². The number of allylic oxidation sites excluding steroid dienone is 1. The highest BCUT2D eigenvalue weighted by Gasteiger charge is 2.01. The average molecular weight is 207 g/mol. The molecular formula is C11H11ClN2. The first kappa shape index (κ1) is 10.6. The topological polar surface area (TPSA) is 35.8 Å². The number of nitriles is 1. The Hall–Kier alpha value is -1.46. The van der Waals surface area contributed by atoms with Crippen LogP contribution in [0.2, 0.25) is 0 Å². The summed E-state index contributed by atoms with van der Waals surface area (Å²) < 4.78 is 0. The predicted octanol–water partition coefficient (Wildman–Crippen LogP) is 3.41. The molecule has 0 aliphatic carbocycles. The van der Waals surface area contributed by atoms with E-state index < -0.39 is 0 Å². The lowest BCUT2D eigenvalue weighted by Gasteiger charge is -2.08. The number of benzene rings is 1. The first-order valence-electron chi connectivity index (χ1n) is 4.23. The molecule has 0 atom stereocenters. The number of hydrogen-bond donors (Lipinski definition) is 1. The molecule has 1 aromatic carbocycles. The molecule has 0 bridgehead atoms. The number of hydrogen-bond acceptors (Lipinski definition) is 2. The third-order valence-corrected chi connectivity index (χ3v) is 2.19. The van der Waals surface area contributed by atoms with Crippen LogP contribution in [-0.2, 0) is 0 Å². The van der Waals surface area contributed by atoms with Crippen molar-refractivity contribution < 1.29 is 0 Å². The molecule has 3 heteroatoms. The van der Waals surface area contributed by atoms with Crippen LogP contribution in [0.3, 0.4) is 0 Å². The molecule has 1 aromatic rings. The van der Waals surface area contributed by atoms with Gasteiger partial charge in [0.25, 0.3) is 0 Å². The van der Waals surface area contributed by atoms with E-state index in [1.165, 1.54) is 6.08 Å². The molecule has 1 rings (SSSR count). The van der Waals surface area contributed by atoms with Gasteiger partial charge < -0.3 is 0 Å². The second kappa shape index (κ2) is 4.69. The van der Waals surface area contributed by atoms with Crippen molar-refractivity contribution in [3.05, 3.63) is 34.9 Å². The molecule has 0 unspecified atom stereocenters. The van der Waals surface area contributed by atoms with Crippen molar-refractivity contribution in [1.82, 2.24) is 0 Å². The molecule has 0 saturated carbocycles. The predicted molar refractivity (Wildman–Crippen MR) is 60.0 cm³/mol. The minimum Gasteiger partial charge on any atom is -0.298 e. The third-order valence-electron chi connectivity index (χ3n) is 2.00. The summed E-state index contributed by atoms with van der Waals surface area (Å²) in [5, 5.41) is 8.40. The lowest BCUT2D eigenvalue weighted by atomic mass is 10.0. The summed E-state index contributed by atoms with van der Waals surface area (Å²) in [6, 6.07) is 5.92. The normalized spacial score (nSPS) is 10.1. The van der Waals surface area contributed by atoms with Gasteiger partial charge in [-0.2, -0.15) is 5.26 Å². The third kappa shape index (κ3) is 2.27. The number of nitrogens with zero attached hydrogens (tertiary/aromatic N) is 1. The van der Waals surface area contributed by atoms with E-state index in [4.69, 9.17) is 17.0 Å². The Bertz CT molecular complexity index is 379. The Morgan fingerprint density at radius 3 is 2.36 bits per heavy atom. The minimum absolute atomic E-state index is 0.931. The second-order valence-corrected chi connectivity index (χ2v) is 3.28. The summed E-state index contributed by atoms with van der Waals surface area (Å²) in [6.45, 7) is 3.95. The molecule has 0 radical (unpaired) electrons. The van der Waals surface area contributed by atoms with Crippen LogP contribution in [0, 0.1) is 25.2 Å². The van der Waals surface area contributed by atoms with Crippen LogP contribution in [0.15, 0.2) is 18.2 Å². The molecule has 0 amide bonds.